The summed E-state index contributed by atoms with van der Waals surface area (Å²) in [5.41, 5.74) is 4.65. The number of carbonyl (C=O) groups is 1. The third kappa shape index (κ3) is 1.78. The molecule has 0 saturated carbocycles. The van der Waals surface area contributed by atoms with Gasteiger partial charge in [-0.25, -0.2) is 5.21 Å². The number of hydrogen-bond donors (Lipinski definition) is 3. The number of nitrogens with two attached hydrogens (primary N) is 1. The topological polar surface area (TPSA) is 67.8 Å². The molecule has 82 valence electrons. The van der Waals surface area contributed by atoms with Gasteiger partial charge in [0.05, 0.1) is 5.57 Å². The van der Waals surface area contributed by atoms with Gasteiger partial charge in [0.1, 0.15) is 5.54 Å². The van der Waals surface area contributed by atoms with Gasteiger partial charge in [0, 0.05) is 0 Å². The van der Waals surface area contributed by atoms with E-state index >= 15 is 0 Å². The molecular formula is C9H17ClN2O2. The summed E-state index contributed by atoms with van der Waals surface area (Å²) in [4.78, 5) is 11.1. The predicted molar refractivity (Wildman–Crippen MR) is 48.2 cm³/mol. The van der Waals surface area contributed by atoms with Gasteiger partial charge in [0.25, 0.3) is 5.91 Å². The van der Waals surface area contributed by atoms with E-state index in [0.717, 1.165) is 0 Å². The van der Waals surface area contributed by atoms with E-state index in [1.54, 1.807) is 19.9 Å². The molecule has 1 atom stereocenters. The van der Waals surface area contributed by atoms with E-state index in [-0.39, 0.29) is 12.4 Å². The Labute approximate surface area is 90.1 Å². The minimum Gasteiger partial charge on any atom is -1.00 e. The van der Waals surface area contributed by atoms with Crippen LogP contribution in [0.2, 0.25) is 0 Å². The van der Waals surface area contributed by atoms with Crippen molar-refractivity contribution in [1.29, 1.82) is 0 Å². The fourth-order valence-corrected chi connectivity index (χ4v) is 1.92. The molecule has 1 amide bonds. The number of primary amides is 1. The molecule has 0 aliphatic carbocycles. The Balaban J connectivity index is 0.00000169. The highest BCUT2D eigenvalue weighted by Gasteiger charge is 2.52. The highest BCUT2D eigenvalue weighted by Crippen LogP contribution is 2.23. The molecular weight excluding hydrogens is 204 g/mol. The van der Waals surface area contributed by atoms with E-state index in [1.807, 2.05) is 13.8 Å². The van der Waals surface area contributed by atoms with Gasteiger partial charge < -0.3 is 18.1 Å². The third-order valence-corrected chi connectivity index (χ3v) is 2.65. The zero-order valence-corrected chi connectivity index (χ0v) is 9.64. The Bertz CT molecular complexity index is 285. The van der Waals surface area contributed by atoms with Crippen LogP contribution in [0.1, 0.15) is 27.7 Å². The number of amides is 1. The molecule has 1 aliphatic rings. The molecule has 0 spiro atoms. The smallest absolute Gasteiger partial charge is 0.250 e. The maximum atomic E-state index is 11.1. The minimum absolute atomic E-state index is 0. The lowest BCUT2D eigenvalue weighted by atomic mass is 9.96. The SMILES string of the molecule is CC1(C)C=C(C(N)=O)C(C)(C)[NH+]1O.[Cl-]. The van der Waals surface area contributed by atoms with Crippen molar-refractivity contribution in [2.45, 2.75) is 38.8 Å². The molecule has 0 saturated heterocycles. The quantitative estimate of drug-likeness (QED) is 0.425. The van der Waals surface area contributed by atoms with Crippen LogP contribution in [-0.4, -0.2) is 22.2 Å². The highest BCUT2D eigenvalue weighted by atomic mass is 35.5. The fraction of sp³-hybridized carbons (Fsp3) is 0.667. The lowest BCUT2D eigenvalue weighted by Crippen LogP contribution is -3.22. The van der Waals surface area contributed by atoms with Crippen molar-refractivity contribution in [1.82, 2.24) is 0 Å². The van der Waals surface area contributed by atoms with Crippen LogP contribution in [0.15, 0.2) is 11.6 Å². The number of quaternary nitrogens is 1. The van der Waals surface area contributed by atoms with Crippen molar-refractivity contribution in [3.05, 3.63) is 11.6 Å². The average Bonchev–Trinajstić information content (AvgIpc) is 2.11. The van der Waals surface area contributed by atoms with Gasteiger partial charge in [0.2, 0.25) is 0 Å². The standard InChI is InChI=1S/C9H16N2O2.ClH/c1-8(2)5-6(7(10)12)9(3,4)11(8)13;/h5,13H,1-4H3,(H2,10,12);1H. The summed E-state index contributed by atoms with van der Waals surface area (Å²) in [6.07, 6.45) is 1.74. The van der Waals surface area contributed by atoms with Gasteiger partial charge in [-0.15, -0.1) is 0 Å². The second kappa shape index (κ2) is 3.53. The van der Waals surface area contributed by atoms with Crippen LogP contribution in [0.3, 0.4) is 0 Å². The number of rotatable bonds is 1. The van der Waals surface area contributed by atoms with Crippen molar-refractivity contribution in [3.63, 3.8) is 0 Å². The maximum absolute atomic E-state index is 11.1. The molecule has 0 aromatic heterocycles. The molecule has 5 heteroatoms. The molecule has 1 rings (SSSR count). The van der Waals surface area contributed by atoms with E-state index in [0.29, 0.717) is 10.6 Å². The van der Waals surface area contributed by atoms with Crippen LogP contribution in [0.5, 0.6) is 0 Å². The molecule has 1 aliphatic heterocycles. The summed E-state index contributed by atoms with van der Waals surface area (Å²) < 4.78 is 0. The molecule has 1 heterocycles. The molecule has 0 fully saturated rings. The number of hydrogen-bond acceptors (Lipinski definition) is 2. The van der Waals surface area contributed by atoms with E-state index in [2.05, 4.69) is 0 Å². The lowest BCUT2D eigenvalue weighted by Gasteiger charge is -2.30. The molecule has 0 radical (unpaired) electrons. The van der Waals surface area contributed by atoms with Crippen LogP contribution in [0.4, 0.5) is 0 Å². The molecule has 0 bridgehead atoms. The van der Waals surface area contributed by atoms with Crippen molar-refractivity contribution >= 4 is 5.91 Å². The molecule has 0 aromatic rings. The monoisotopic (exact) mass is 220 g/mol. The van der Waals surface area contributed by atoms with Crippen LogP contribution in [0, 0.1) is 0 Å². The van der Waals surface area contributed by atoms with E-state index in [1.165, 1.54) is 0 Å². The Morgan fingerprint density at radius 1 is 1.43 bits per heavy atom. The first-order valence-electron chi connectivity index (χ1n) is 4.29. The number of halogens is 1. The second-order valence-corrected chi connectivity index (χ2v) is 4.62. The van der Waals surface area contributed by atoms with Gasteiger partial charge in [0.15, 0.2) is 5.54 Å². The summed E-state index contributed by atoms with van der Waals surface area (Å²) in [6, 6.07) is 0. The summed E-state index contributed by atoms with van der Waals surface area (Å²) in [6.45, 7) is 7.32. The normalized spacial score (nSPS) is 27.8. The van der Waals surface area contributed by atoms with Gasteiger partial charge in [-0.3, -0.25) is 4.79 Å². The van der Waals surface area contributed by atoms with E-state index in [9.17, 15) is 10.0 Å². The van der Waals surface area contributed by atoms with Gasteiger partial charge in [-0.2, -0.15) is 5.06 Å². The minimum atomic E-state index is -0.616. The van der Waals surface area contributed by atoms with E-state index < -0.39 is 17.0 Å². The van der Waals surface area contributed by atoms with Gasteiger partial charge in [-0.1, -0.05) is 0 Å². The Morgan fingerprint density at radius 3 is 2.00 bits per heavy atom. The van der Waals surface area contributed by atoms with Crippen molar-refractivity contribution in [2.24, 2.45) is 5.73 Å². The van der Waals surface area contributed by atoms with Crippen LogP contribution < -0.4 is 23.2 Å². The number of hydroxylamine groups is 2. The largest absolute Gasteiger partial charge is 1.00 e. The number of carbonyl (C=O) groups excluding carboxylic acids is 1. The van der Waals surface area contributed by atoms with Crippen molar-refractivity contribution in [2.75, 3.05) is 0 Å². The third-order valence-electron chi connectivity index (χ3n) is 2.65. The molecule has 14 heavy (non-hydrogen) atoms. The Hall–Kier alpha value is -0.580. The Morgan fingerprint density at radius 2 is 1.86 bits per heavy atom. The zero-order valence-electron chi connectivity index (χ0n) is 8.89. The first-order valence-corrected chi connectivity index (χ1v) is 4.29. The van der Waals surface area contributed by atoms with Gasteiger partial charge >= 0.3 is 0 Å². The van der Waals surface area contributed by atoms with Crippen molar-refractivity contribution in [3.8, 4) is 0 Å². The molecule has 1 unspecified atom stereocenters. The molecule has 0 aromatic carbocycles. The summed E-state index contributed by atoms with van der Waals surface area (Å²) in [5.74, 6) is -0.456. The summed E-state index contributed by atoms with van der Waals surface area (Å²) in [7, 11) is 0. The summed E-state index contributed by atoms with van der Waals surface area (Å²) in [5, 5.41) is 10.2. The number of nitrogens with one attached hydrogen (secondary N) is 1. The summed E-state index contributed by atoms with van der Waals surface area (Å²) >= 11 is 0. The fourth-order valence-electron chi connectivity index (χ4n) is 1.92. The molecule has 4 N–H and O–H groups in total. The predicted octanol–water partition coefficient (Wildman–Crippen LogP) is -3.75. The first-order chi connectivity index (χ1) is 5.69. The maximum Gasteiger partial charge on any atom is 0.250 e. The molecule has 4 nitrogen and oxygen atoms in total. The zero-order chi connectivity index (χ0) is 10.4. The van der Waals surface area contributed by atoms with Gasteiger partial charge in [-0.05, 0) is 33.8 Å². The van der Waals surface area contributed by atoms with Crippen LogP contribution in [0.25, 0.3) is 0 Å². The second-order valence-electron chi connectivity index (χ2n) is 4.62. The first kappa shape index (κ1) is 13.4. The van der Waals surface area contributed by atoms with Crippen LogP contribution >= 0.6 is 0 Å². The highest BCUT2D eigenvalue weighted by molar-refractivity contribution is 5.94. The Kier molecular flexibility index (Phi) is 3.38. The van der Waals surface area contributed by atoms with E-state index in [4.69, 9.17) is 5.73 Å². The van der Waals surface area contributed by atoms with Crippen LogP contribution in [-0.2, 0) is 4.79 Å². The average molecular weight is 221 g/mol. The lowest BCUT2D eigenvalue weighted by molar-refractivity contribution is -1.14. The van der Waals surface area contributed by atoms with Crippen molar-refractivity contribution < 1.29 is 27.5 Å².